The van der Waals surface area contributed by atoms with Crippen molar-refractivity contribution >= 4 is 11.8 Å². The molecule has 0 bridgehead atoms. The Balaban J connectivity index is 2.46. The van der Waals surface area contributed by atoms with Crippen molar-refractivity contribution < 1.29 is 14.3 Å². The molecule has 1 rings (SSSR count). The maximum atomic E-state index is 12.0. The van der Waals surface area contributed by atoms with E-state index in [1.54, 1.807) is 0 Å². The van der Waals surface area contributed by atoms with Gasteiger partial charge in [0.25, 0.3) is 0 Å². The second kappa shape index (κ2) is 8.90. The van der Waals surface area contributed by atoms with Crippen molar-refractivity contribution in [3.8, 4) is 0 Å². The van der Waals surface area contributed by atoms with Crippen molar-refractivity contribution in [3.63, 3.8) is 0 Å². The van der Waals surface area contributed by atoms with E-state index in [4.69, 9.17) is 0 Å². The fourth-order valence-electron chi connectivity index (χ4n) is 2.45. The van der Waals surface area contributed by atoms with Gasteiger partial charge in [-0.15, -0.1) is 0 Å². The van der Waals surface area contributed by atoms with Gasteiger partial charge in [-0.2, -0.15) is 0 Å². The first-order chi connectivity index (χ1) is 8.74. The van der Waals surface area contributed by atoms with Gasteiger partial charge in [0.15, 0.2) is 5.78 Å². The van der Waals surface area contributed by atoms with E-state index < -0.39 is 5.97 Å². The molecule has 1 aliphatic rings. The molecule has 18 heavy (non-hydrogen) atoms. The number of allylic oxidation sites excluding steroid dienone is 1. The van der Waals surface area contributed by atoms with Gasteiger partial charge in [-0.05, 0) is 18.9 Å². The van der Waals surface area contributed by atoms with Crippen LogP contribution >= 0.6 is 0 Å². The highest BCUT2D eigenvalue weighted by Crippen LogP contribution is 2.22. The molecule has 0 radical (unpaired) electrons. The Kier molecular flexibility index (Phi) is 7.38. The number of hydrogen-bond donors (Lipinski definition) is 0. The van der Waals surface area contributed by atoms with E-state index in [1.807, 2.05) is 0 Å². The highest BCUT2D eigenvalue weighted by Gasteiger charge is 2.16. The van der Waals surface area contributed by atoms with Crippen LogP contribution in [0.5, 0.6) is 0 Å². The third-order valence-corrected chi connectivity index (χ3v) is 3.59. The minimum Gasteiger partial charge on any atom is -0.466 e. The number of rotatable bonds is 3. The smallest absolute Gasteiger partial charge is 0.330 e. The molecule has 0 amide bonds. The zero-order valence-corrected chi connectivity index (χ0v) is 11.3. The van der Waals surface area contributed by atoms with Crippen molar-refractivity contribution in [1.82, 2.24) is 0 Å². The van der Waals surface area contributed by atoms with Gasteiger partial charge in [0.2, 0.25) is 0 Å². The molecule has 0 aromatic heterocycles. The van der Waals surface area contributed by atoms with Crippen LogP contribution in [-0.2, 0) is 14.3 Å². The summed E-state index contributed by atoms with van der Waals surface area (Å²) in [5.41, 5.74) is 0. The fourth-order valence-corrected chi connectivity index (χ4v) is 2.45. The van der Waals surface area contributed by atoms with Gasteiger partial charge < -0.3 is 4.74 Å². The Labute approximate surface area is 110 Å². The largest absolute Gasteiger partial charge is 0.466 e. The van der Waals surface area contributed by atoms with E-state index in [2.05, 4.69) is 4.74 Å². The fraction of sp³-hybridized carbons (Fsp3) is 0.733. The first-order valence-electron chi connectivity index (χ1n) is 7.04. The Morgan fingerprint density at radius 2 is 1.39 bits per heavy atom. The van der Waals surface area contributed by atoms with E-state index in [1.165, 1.54) is 51.4 Å². The zero-order valence-electron chi connectivity index (χ0n) is 11.3. The van der Waals surface area contributed by atoms with Gasteiger partial charge in [0, 0.05) is 12.0 Å². The standard InChI is InChI=1S/C15H24O3/c1-18-15(17)12-11-14(16)13-9-7-5-3-2-4-6-8-10-13/h11-13H,2-10H2,1H3/b12-11+. The lowest BCUT2D eigenvalue weighted by Crippen LogP contribution is -2.13. The molecule has 0 atom stereocenters. The molecule has 1 saturated carbocycles. The van der Waals surface area contributed by atoms with Crippen molar-refractivity contribution in [2.75, 3.05) is 7.11 Å². The van der Waals surface area contributed by atoms with Crippen LogP contribution in [0.1, 0.15) is 57.8 Å². The number of methoxy groups -OCH3 is 1. The summed E-state index contributed by atoms with van der Waals surface area (Å²) >= 11 is 0. The lowest BCUT2D eigenvalue weighted by Gasteiger charge is -2.15. The van der Waals surface area contributed by atoms with Crippen LogP contribution in [0.3, 0.4) is 0 Å². The number of esters is 1. The topological polar surface area (TPSA) is 43.4 Å². The third-order valence-electron chi connectivity index (χ3n) is 3.59. The van der Waals surface area contributed by atoms with E-state index in [0.29, 0.717) is 0 Å². The zero-order chi connectivity index (χ0) is 13.2. The number of carbonyl (C=O) groups excluding carboxylic acids is 2. The Morgan fingerprint density at radius 3 is 1.89 bits per heavy atom. The van der Waals surface area contributed by atoms with Crippen LogP contribution in [-0.4, -0.2) is 18.9 Å². The summed E-state index contributed by atoms with van der Waals surface area (Å²) in [7, 11) is 1.32. The molecule has 0 heterocycles. The molecule has 0 N–H and O–H groups in total. The maximum Gasteiger partial charge on any atom is 0.330 e. The molecular weight excluding hydrogens is 228 g/mol. The van der Waals surface area contributed by atoms with Crippen LogP contribution in [0.25, 0.3) is 0 Å². The highest BCUT2D eigenvalue weighted by atomic mass is 16.5. The summed E-state index contributed by atoms with van der Waals surface area (Å²) in [5.74, 6) is -0.270. The molecule has 3 nitrogen and oxygen atoms in total. The maximum absolute atomic E-state index is 12.0. The first kappa shape index (κ1) is 14.9. The minimum atomic E-state index is -0.455. The number of ketones is 1. The molecule has 0 aromatic carbocycles. The molecule has 0 saturated heterocycles. The lowest BCUT2D eigenvalue weighted by atomic mass is 9.89. The third kappa shape index (κ3) is 5.99. The van der Waals surface area contributed by atoms with Gasteiger partial charge in [-0.25, -0.2) is 4.79 Å². The van der Waals surface area contributed by atoms with Gasteiger partial charge in [0.05, 0.1) is 7.11 Å². The number of carbonyl (C=O) groups is 2. The molecule has 1 fully saturated rings. The van der Waals surface area contributed by atoms with Crippen molar-refractivity contribution in [2.45, 2.75) is 57.8 Å². The van der Waals surface area contributed by atoms with Gasteiger partial charge >= 0.3 is 5.97 Å². The molecule has 3 heteroatoms. The summed E-state index contributed by atoms with van der Waals surface area (Å²) < 4.78 is 4.49. The molecular formula is C15H24O3. The summed E-state index contributed by atoms with van der Waals surface area (Å²) in [6.45, 7) is 0. The van der Waals surface area contributed by atoms with Crippen LogP contribution in [0.15, 0.2) is 12.2 Å². The second-order valence-electron chi connectivity index (χ2n) is 5.01. The normalized spacial score (nSPS) is 19.6. The quantitative estimate of drug-likeness (QED) is 0.571. The van der Waals surface area contributed by atoms with Crippen LogP contribution in [0.2, 0.25) is 0 Å². The summed E-state index contributed by atoms with van der Waals surface area (Å²) in [6.07, 6.45) is 13.2. The van der Waals surface area contributed by atoms with Crippen molar-refractivity contribution in [3.05, 3.63) is 12.2 Å². The minimum absolute atomic E-state index is 0.0842. The predicted molar refractivity (Wildman–Crippen MR) is 71.2 cm³/mol. The number of hydrogen-bond acceptors (Lipinski definition) is 3. The van der Waals surface area contributed by atoms with Crippen LogP contribution in [0.4, 0.5) is 0 Å². The Hall–Kier alpha value is -1.12. The van der Waals surface area contributed by atoms with Crippen LogP contribution in [0, 0.1) is 5.92 Å². The van der Waals surface area contributed by atoms with Gasteiger partial charge in [-0.3, -0.25) is 4.79 Å². The van der Waals surface area contributed by atoms with Crippen molar-refractivity contribution in [1.29, 1.82) is 0 Å². The average molecular weight is 252 g/mol. The SMILES string of the molecule is COC(=O)/C=C/C(=O)C1CCCCCCCCC1. The molecule has 0 spiro atoms. The molecule has 1 aliphatic carbocycles. The molecule has 0 aromatic rings. The molecule has 102 valence electrons. The van der Waals surface area contributed by atoms with E-state index in [-0.39, 0.29) is 11.7 Å². The van der Waals surface area contributed by atoms with Gasteiger partial charge in [0.1, 0.15) is 0 Å². The predicted octanol–water partition coefficient (Wildman–Crippen LogP) is 3.43. The Morgan fingerprint density at radius 1 is 0.889 bits per heavy atom. The summed E-state index contributed by atoms with van der Waals surface area (Å²) in [6, 6.07) is 0. The monoisotopic (exact) mass is 252 g/mol. The number of ether oxygens (including phenoxy) is 1. The summed E-state index contributed by atoms with van der Waals surface area (Å²) in [4.78, 5) is 22.9. The van der Waals surface area contributed by atoms with Crippen LogP contribution < -0.4 is 0 Å². The van der Waals surface area contributed by atoms with E-state index >= 15 is 0 Å². The average Bonchev–Trinajstić information content (AvgIpc) is 2.41. The first-order valence-corrected chi connectivity index (χ1v) is 7.04. The van der Waals surface area contributed by atoms with E-state index in [0.717, 1.165) is 25.7 Å². The highest BCUT2D eigenvalue weighted by molar-refractivity contribution is 5.97. The lowest BCUT2D eigenvalue weighted by molar-refractivity contribution is -0.135. The Bertz CT molecular complexity index is 284. The van der Waals surface area contributed by atoms with E-state index in [9.17, 15) is 9.59 Å². The molecule has 0 aliphatic heterocycles. The van der Waals surface area contributed by atoms with Crippen molar-refractivity contribution in [2.24, 2.45) is 5.92 Å². The summed E-state index contributed by atoms with van der Waals surface area (Å²) in [5, 5.41) is 0. The molecule has 0 unspecified atom stereocenters. The van der Waals surface area contributed by atoms with Gasteiger partial charge in [-0.1, -0.05) is 44.9 Å². The second-order valence-corrected chi connectivity index (χ2v) is 5.01.